The Kier molecular flexibility index (Phi) is 4.34. The standard InChI is InChI=1S/C14H21FN2O2S/c1-9-3-5-12(7-10(9)2)17-20(18,19)14-8-11(16)4-6-13(14)15/h4,6,8-10,12,17H,3,5,7,16H2,1-2H3. The Bertz CT molecular complexity index is 589. The number of nitrogen functional groups attached to an aromatic ring is 1. The Morgan fingerprint density at radius 2 is 1.95 bits per heavy atom. The van der Waals surface area contributed by atoms with Crippen molar-refractivity contribution in [3.63, 3.8) is 0 Å². The van der Waals surface area contributed by atoms with Gasteiger partial charge < -0.3 is 5.73 Å². The number of nitrogens with one attached hydrogen (secondary N) is 1. The summed E-state index contributed by atoms with van der Waals surface area (Å²) in [6.07, 6.45) is 2.55. The molecule has 0 spiro atoms. The van der Waals surface area contributed by atoms with Gasteiger partial charge >= 0.3 is 0 Å². The summed E-state index contributed by atoms with van der Waals surface area (Å²) in [7, 11) is -3.86. The van der Waals surface area contributed by atoms with Gasteiger partial charge in [-0.1, -0.05) is 13.8 Å². The van der Waals surface area contributed by atoms with E-state index >= 15 is 0 Å². The zero-order valence-electron chi connectivity index (χ0n) is 11.8. The molecule has 3 atom stereocenters. The van der Waals surface area contributed by atoms with Gasteiger partial charge in [0.05, 0.1) is 0 Å². The second-order valence-electron chi connectivity index (χ2n) is 5.78. The predicted octanol–water partition coefficient (Wildman–Crippen LogP) is 2.51. The van der Waals surface area contributed by atoms with Crippen molar-refractivity contribution in [2.75, 3.05) is 5.73 Å². The maximum Gasteiger partial charge on any atom is 0.243 e. The van der Waals surface area contributed by atoms with Crippen molar-refractivity contribution in [1.29, 1.82) is 0 Å². The maximum absolute atomic E-state index is 13.7. The van der Waals surface area contributed by atoms with E-state index in [1.54, 1.807) is 0 Å². The SMILES string of the molecule is CC1CCC(NS(=O)(=O)c2cc(N)ccc2F)CC1C. The smallest absolute Gasteiger partial charge is 0.243 e. The molecule has 112 valence electrons. The van der Waals surface area contributed by atoms with E-state index in [2.05, 4.69) is 18.6 Å². The zero-order chi connectivity index (χ0) is 14.9. The zero-order valence-corrected chi connectivity index (χ0v) is 12.6. The lowest BCUT2D eigenvalue weighted by atomic mass is 9.79. The van der Waals surface area contributed by atoms with Crippen LogP contribution in [0.25, 0.3) is 0 Å². The Balaban J connectivity index is 2.17. The van der Waals surface area contributed by atoms with Gasteiger partial charge in [0.25, 0.3) is 0 Å². The van der Waals surface area contributed by atoms with Crippen molar-refractivity contribution in [2.24, 2.45) is 11.8 Å². The van der Waals surface area contributed by atoms with Gasteiger partial charge in [0.1, 0.15) is 10.7 Å². The number of anilines is 1. The molecule has 4 nitrogen and oxygen atoms in total. The fourth-order valence-corrected chi connectivity index (χ4v) is 4.06. The summed E-state index contributed by atoms with van der Waals surface area (Å²) in [6, 6.07) is 3.45. The Labute approximate surface area is 119 Å². The molecule has 0 saturated heterocycles. The van der Waals surface area contributed by atoms with E-state index in [1.165, 1.54) is 6.07 Å². The molecule has 0 aliphatic heterocycles. The molecule has 1 aromatic carbocycles. The quantitative estimate of drug-likeness (QED) is 0.843. The monoisotopic (exact) mass is 300 g/mol. The highest BCUT2D eigenvalue weighted by Gasteiger charge is 2.29. The fraction of sp³-hybridized carbons (Fsp3) is 0.571. The molecule has 1 fully saturated rings. The molecular formula is C14H21FN2O2S. The number of sulfonamides is 1. The van der Waals surface area contributed by atoms with Crippen molar-refractivity contribution in [1.82, 2.24) is 4.72 Å². The molecule has 20 heavy (non-hydrogen) atoms. The maximum atomic E-state index is 13.7. The molecule has 6 heteroatoms. The molecule has 1 aromatic rings. The second kappa shape index (κ2) is 5.69. The van der Waals surface area contributed by atoms with E-state index in [1.807, 2.05) is 0 Å². The Morgan fingerprint density at radius 3 is 2.60 bits per heavy atom. The molecule has 0 aromatic heterocycles. The van der Waals surface area contributed by atoms with E-state index in [0.29, 0.717) is 11.8 Å². The van der Waals surface area contributed by atoms with E-state index in [0.717, 1.165) is 31.4 Å². The first-order chi connectivity index (χ1) is 9.29. The largest absolute Gasteiger partial charge is 0.399 e. The van der Waals surface area contributed by atoms with Crippen LogP contribution in [0.2, 0.25) is 0 Å². The first-order valence-electron chi connectivity index (χ1n) is 6.87. The summed E-state index contributed by atoms with van der Waals surface area (Å²) in [6.45, 7) is 4.29. The van der Waals surface area contributed by atoms with Crippen LogP contribution in [0.5, 0.6) is 0 Å². The molecule has 3 N–H and O–H groups in total. The van der Waals surface area contributed by atoms with Crippen molar-refractivity contribution in [3.05, 3.63) is 24.0 Å². The normalized spacial score (nSPS) is 27.4. The van der Waals surface area contributed by atoms with Gasteiger partial charge in [0.15, 0.2) is 0 Å². The number of benzene rings is 1. The number of halogens is 1. The van der Waals surface area contributed by atoms with E-state index in [9.17, 15) is 12.8 Å². The first kappa shape index (κ1) is 15.3. The third-order valence-electron chi connectivity index (χ3n) is 4.16. The molecule has 0 bridgehead atoms. The van der Waals surface area contributed by atoms with Crippen LogP contribution in [0, 0.1) is 17.7 Å². The average molecular weight is 300 g/mol. The summed E-state index contributed by atoms with van der Waals surface area (Å²) < 4.78 is 40.8. The summed E-state index contributed by atoms with van der Waals surface area (Å²) in [5.41, 5.74) is 5.77. The van der Waals surface area contributed by atoms with Crippen LogP contribution in [-0.4, -0.2) is 14.5 Å². The summed E-state index contributed by atoms with van der Waals surface area (Å²) in [4.78, 5) is -0.372. The number of rotatable bonds is 3. The van der Waals surface area contributed by atoms with Crippen molar-refractivity contribution in [3.8, 4) is 0 Å². The fourth-order valence-electron chi connectivity index (χ4n) is 2.66. The van der Waals surface area contributed by atoms with Crippen molar-refractivity contribution < 1.29 is 12.8 Å². The molecule has 1 aliphatic carbocycles. The highest BCUT2D eigenvalue weighted by Crippen LogP contribution is 2.30. The van der Waals surface area contributed by atoms with Crippen LogP contribution in [0.3, 0.4) is 0 Å². The first-order valence-corrected chi connectivity index (χ1v) is 8.35. The Hall–Kier alpha value is -1.14. The molecule has 1 aliphatic rings. The van der Waals surface area contributed by atoms with Gasteiger partial charge in [-0.15, -0.1) is 0 Å². The molecule has 3 unspecified atom stereocenters. The summed E-state index contributed by atoms with van der Waals surface area (Å²) in [5.74, 6) is 0.283. The van der Waals surface area contributed by atoms with Crippen LogP contribution < -0.4 is 10.5 Å². The van der Waals surface area contributed by atoms with Gasteiger partial charge in [-0.25, -0.2) is 17.5 Å². The topological polar surface area (TPSA) is 72.2 Å². The van der Waals surface area contributed by atoms with E-state index in [4.69, 9.17) is 5.73 Å². The summed E-state index contributed by atoms with van der Waals surface area (Å²) >= 11 is 0. The second-order valence-corrected chi connectivity index (χ2v) is 7.46. The highest BCUT2D eigenvalue weighted by atomic mass is 32.2. The third kappa shape index (κ3) is 3.30. The minimum Gasteiger partial charge on any atom is -0.399 e. The molecular weight excluding hydrogens is 279 g/mol. The number of nitrogens with two attached hydrogens (primary N) is 1. The molecule has 0 amide bonds. The van der Waals surface area contributed by atoms with Gasteiger partial charge in [-0.2, -0.15) is 0 Å². The van der Waals surface area contributed by atoms with Gasteiger partial charge in [-0.05, 0) is 49.3 Å². The lowest BCUT2D eigenvalue weighted by Crippen LogP contribution is -2.40. The van der Waals surface area contributed by atoms with Crippen LogP contribution in [0.15, 0.2) is 23.1 Å². The molecule has 2 rings (SSSR count). The Morgan fingerprint density at radius 1 is 1.25 bits per heavy atom. The van der Waals surface area contributed by atoms with Crippen molar-refractivity contribution >= 4 is 15.7 Å². The molecule has 0 radical (unpaired) electrons. The van der Waals surface area contributed by atoms with Crippen LogP contribution in [-0.2, 0) is 10.0 Å². The lowest BCUT2D eigenvalue weighted by molar-refractivity contribution is 0.241. The van der Waals surface area contributed by atoms with Crippen LogP contribution >= 0.6 is 0 Å². The highest BCUT2D eigenvalue weighted by molar-refractivity contribution is 7.89. The molecule has 1 saturated carbocycles. The summed E-state index contributed by atoms with van der Waals surface area (Å²) in [5, 5.41) is 0. The van der Waals surface area contributed by atoms with Crippen LogP contribution in [0.4, 0.5) is 10.1 Å². The van der Waals surface area contributed by atoms with Crippen LogP contribution in [0.1, 0.15) is 33.1 Å². The van der Waals surface area contributed by atoms with Gasteiger partial charge in [-0.3, -0.25) is 0 Å². The van der Waals surface area contributed by atoms with Gasteiger partial charge in [0, 0.05) is 11.7 Å². The third-order valence-corrected chi connectivity index (χ3v) is 5.70. The minimum absolute atomic E-state index is 0.132. The van der Waals surface area contributed by atoms with E-state index in [-0.39, 0.29) is 16.6 Å². The van der Waals surface area contributed by atoms with Gasteiger partial charge in [0.2, 0.25) is 10.0 Å². The number of hydrogen-bond donors (Lipinski definition) is 2. The minimum atomic E-state index is -3.86. The van der Waals surface area contributed by atoms with E-state index < -0.39 is 15.8 Å². The lowest BCUT2D eigenvalue weighted by Gasteiger charge is -2.32. The molecule has 0 heterocycles. The predicted molar refractivity (Wildman–Crippen MR) is 77.1 cm³/mol. The number of hydrogen-bond acceptors (Lipinski definition) is 3. The van der Waals surface area contributed by atoms with Crippen molar-refractivity contribution in [2.45, 2.75) is 44.0 Å². The average Bonchev–Trinajstić information content (AvgIpc) is 2.36.